The molecule has 1 amide bonds. The quantitative estimate of drug-likeness (QED) is 0.318. The average Bonchev–Trinajstić information content (AvgIpc) is 3.26. The van der Waals surface area contributed by atoms with Crippen LogP contribution in [0.2, 0.25) is 0 Å². The number of aromatic amines is 1. The summed E-state index contributed by atoms with van der Waals surface area (Å²) in [6.07, 6.45) is 0. The summed E-state index contributed by atoms with van der Waals surface area (Å²) in [6, 6.07) is 23.5. The van der Waals surface area contributed by atoms with Crippen LogP contribution in [0.25, 0.3) is 22.2 Å². The van der Waals surface area contributed by atoms with E-state index in [4.69, 9.17) is 9.47 Å². The van der Waals surface area contributed by atoms with Crippen molar-refractivity contribution >= 4 is 28.6 Å². The normalized spacial score (nSPS) is 10.6. The van der Waals surface area contributed by atoms with Gasteiger partial charge in [-0.25, -0.2) is 0 Å². The van der Waals surface area contributed by atoms with E-state index >= 15 is 0 Å². The highest BCUT2D eigenvalue weighted by molar-refractivity contribution is 6.14. The Balaban J connectivity index is 1.42. The van der Waals surface area contributed by atoms with Gasteiger partial charge in [-0.2, -0.15) is 0 Å². The minimum Gasteiger partial charge on any atom is -0.497 e. The molecule has 0 unspecified atom stereocenters. The van der Waals surface area contributed by atoms with Gasteiger partial charge in [0.25, 0.3) is 5.91 Å². The number of ketones is 1. The van der Waals surface area contributed by atoms with Crippen LogP contribution in [0.5, 0.6) is 5.75 Å². The molecule has 0 fully saturated rings. The minimum atomic E-state index is -0.708. The Kier molecular flexibility index (Phi) is 6.50. The van der Waals surface area contributed by atoms with Crippen LogP contribution < -0.4 is 10.1 Å². The molecule has 1 heterocycles. The molecular formula is C26H22N2O5. The van der Waals surface area contributed by atoms with Crippen molar-refractivity contribution in [3.8, 4) is 17.0 Å². The number of hydrogen-bond acceptors (Lipinski definition) is 5. The predicted octanol–water partition coefficient (Wildman–Crippen LogP) is 4.00. The smallest absolute Gasteiger partial charge is 0.325 e. The number of fused-ring (bicyclic) bond motifs is 1. The van der Waals surface area contributed by atoms with Crippen LogP contribution in [0.15, 0.2) is 78.9 Å². The maximum absolute atomic E-state index is 13.1. The molecule has 0 atom stereocenters. The minimum absolute atomic E-state index is 0.334. The Morgan fingerprint density at radius 2 is 1.67 bits per heavy atom. The largest absolute Gasteiger partial charge is 0.497 e. The number of carbonyl (C=O) groups excluding carboxylic acids is 3. The third-order valence-electron chi connectivity index (χ3n) is 5.14. The lowest BCUT2D eigenvalue weighted by Gasteiger charge is -2.08. The fraction of sp³-hybridized carbons (Fsp3) is 0.115. The van der Waals surface area contributed by atoms with E-state index in [2.05, 4.69) is 10.3 Å². The van der Waals surface area contributed by atoms with Gasteiger partial charge in [0, 0.05) is 16.5 Å². The van der Waals surface area contributed by atoms with Crippen LogP contribution in [0, 0.1) is 0 Å². The van der Waals surface area contributed by atoms with Gasteiger partial charge in [0.15, 0.2) is 6.61 Å². The molecule has 166 valence electrons. The summed E-state index contributed by atoms with van der Waals surface area (Å²) in [7, 11) is 1.50. The highest BCUT2D eigenvalue weighted by Crippen LogP contribution is 2.30. The maximum Gasteiger partial charge on any atom is 0.325 e. The molecule has 0 bridgehead atoms. The Bertz CT molecular complexity index is 1310. The number of ether oxygens (including phenoxy) is 2. The summed E-state index contributed by atoms with van der Waals surface area (Å²) >= 11 is 0. The van der Waals surface area contributed by atoms with Gasteiger partial charge in [-0.1, -0.05) is 54.6 Å². The third kappa shape index (κ3) is 4.93. The van der Waals surface area contributed by atoms with Crippen LogP contribution in [0.3, 0.4) is 0 Å². The van der Waals surface area contributed by atoms with Crippen molar-refractivity contribution in [2.75, 3.05) is 20.3 Å². The number of methoxy groups -OCH3 is 1. The van der Waals surface area contributed by atoms with E-state index in [1.165, 1.54) is 7.11 Å². The number of esters is 1. The molecule has 2 N–H and O–H groups in total. The van der Waals surface area contributed by atoms with Crippen molar-refractivity contribution in [3.63, 3.8) is 0 Å². The summed E-state index contributed by atoms with van der Waals surface area (Å²) in [6.45, 7) is -0.793. The van der Waals surface area contributed by atoms with E-state index in [0.29, 0.717) is 22.6 Å². The molecule has 0 radical (unpaired) electrons. The standard InChI is InChI=1S/C26H22N2O5/c1-32-19-11-7-10-18(14-19)26(31)27-15-23(30)33-16-22(29)24-20-12-5-6-13-21(20)28-25(24)17-8-3-2-4-9-17/h2-14,28H,15-16H2,1H3,(H,27,31). The predicted molar refractivity (Wildman–Crippen MR) is 124 cm³/mol. The van der Waals surface area contributed by atoms with E-state index < -0.39 is 18.5 Å². The van der Waals surface area contributed by atoms with Gasteiger partial charge in [0.1, 0.15) is 12.3 Å². The lowest BCUT2D eigenvalue weighted by molar-refractivity contribution is -0.141. The monoisotopic (exact) mass is 442 g/mol. The van der Waals surface area contributed by atoms with Crippen molar-refractivity contribution in [3.05, 3.63) is 90.0 Å². The molecule has 3 aromatic carbocycles. The van der Waals surface area contributed by atoms with E-state index in [1.807, 2.05) is 54.6 Å². The molecule has 7 heteroatoms. The highest BCUT2D eigenvalue weighted by Gasteiger charge is 2.21. The van der Waals surface area contributed by atoms with Gasteiger partial charge < -0.3 is 19.8 Å². The summed E-state index contributed by atoms with van der Waals surface area (Å²) < 4.78 is 10.2. The second-order valence-electron chi connectivity index (χ2n) is 7.29. The maximum atomic E-state index is 13.1. The van der Waals surface area contributed by atoms with Crippen LogP contribution in [-0.2, 0) is 9.53 Å². The summed E-state index contributed by atoms with van der Waals surface area (Å²) in [5.74, 6) is -0.955. The molecule has 0 saturated heterocycles. The topological polar surface area (TPSA) is 97.5 Å². The second-order valence-corrected chi connectivity index (χ2v) is 7.29. The van der Waals surface area contributed by atoms with E-state index in [0.717, 1.165) is 16.5 Å². The van der Waals surface area contributed by atoms with E-state index in [-0.39, 0.29) is 12.3 Å². The number of amides is 1. The number of aromatic nitrogens is 1. The van der Waals surface area contributed by atoms with Gasteiger partial charge in [-0.3, -0.25) is 14.4 Å². The van der Waals surface area contributed by atoms with Crippen LogP contribution >= 0.6 is 0 Å². The van der Waals surface area contributed by atoms with Crippen LogP contribution in [0.4, 0.5) is 0 Å². The molecule has 33 heavy (non-hydrogen) atoms. The molecule has 0 saturated carbocycles. The number of Topliss-reactive ketones (excluding diaryl/α,β-unsaturated/α-hetero) is 1. The number of nitrogens with one attached hydrogen (secondary N) is 2. The molecule has 0 aliphatic heterocycles. The van der Waals surface area contributed by atoms with E-state index in [1.54, 1.807) is 24.3 Å². The number of para-hydroxylation sites is 1. The first kappa shape index (κ1) is 21.8. The number of hydrogen-bond donors (Lipinski definition) is 2. The Labute approximate surface area is 190 Å². The van der Waals surface area contributed by atoms with Crippen molar-refractivity contribution in [2.45, 2.75) is 0 Å². The first-order valence-corrected chi connectivity index (χ1v) is 10.3. The molecule has 0 aliphatic rings. The first-order valence-electron chi connectivity index (χ1n) is 10.3. The molecule has 0 aliphatic carbocycles. The average molecular weight is 442 g/mol. The summed E-state index contributed by atoms with van der Waals surface area (Å²) in [5.41, 5.74) is 3.16. The summed E-state index contributed by atoms with van der Waals surface area (Å²) in [4.78, 5) is 40.8. The zero-order valence-corrected chi connectivity index (χ0v) is 18.0. The number of benzene rings is 3. The molecule has 7 nitrogen and oxygen atoms in total. The number of rotatable bonds is 8. The Morgan fingerprint density at radius 1 is 0.909 bits per heavy atom. The third-order valence-corrected chi connectivity index (χ3v) is 5.14. The second kappa shape index (κ2) is 9.82. The van der Waals surface area contributed by atoms with Crippen LogP contribution in [0.1, 0.15) is 20.7 Å². The molecule has 1 aromatic heterocycles. The molecular weight excluding hydrogens is 420 g/mol. The zero-order valence-electron chi connectivity index (χ0n) is 18.0. The Hall–Kier alpha value is -4.39. The van der Waals surface area contributed by atoms with Crippen molar-refractivity contribution in [1.29, 1.82) is 0 Å². The molecule has 4 aromatic rings. The number of H-pyrrole nitrogens is 1. The van der Waals surface area contributed by atoms with Crippen molar-refractivity contribution in [1.82, 2.24) is 10.3 Å². The first-order chi connectivity index (χ1) is 16.1. The molecule has 4 rings (SSSR count). The SMILES string of the molecule is COc1cccc(C(=O)NCC(=O)OCC(=O)c2c(-c3ccccc3)[nH]c3ccccc23)c1. The lowest BCUT2D eigenvalue weighted by Crippen LogP contribution is -2.31. The fourth-order valence-corrected chi connectivity index (χ4v) is 3.54. The van der Waals surface area contributed by atoms with Gasteiger partial charge >= 0.3 is 5.97 Å². The lowest BCUT2D eigenvalue weighted by atomic mass is 10.0. The van der Waals surface area contributed by atoms with Crippen molar-refractivity contribution in [2.24, 2.45) is 0 Å². The van der Waals surface area contributed by atoms with E-state index in [9.17, 15) is 14.4 Å². The van der Waals surface area contributed by atoms with Gasteiger partial charge in [0.2, 0.25) is 5.78 Å². The fourth-order valence-electron chi connectivity index (χ4n) is 3.54. The van der Waals surface area contributed by atoms with Gasteiger partial charge in [0.05, 0.1) is 18.4 Å². The van der Waals surface area contributed by atoms with Gasteiger partial charge in [-0.15, -0.1) is 0 Å². The number of carbonyl (C=O) groups is 3. The van der Waals surface area contributed by atoms with Crippen LogP contribution in [-0.4, -0.2) is 42.9 Å². The van der Waals surface area contributed by atoms with Crippen molar-refractivity contribution < 1.29 is 23.9 Å². The molecule has 0 spiro atoms. The summed E-state index contributed by atoms with van der Waals surface area (Å²) in [5, 5.41) is 3.24. The Morgan fingerprint density at radius 3 is 2.45 bits per heavy atom. The van der Waals surface area contributed by atoms with Gasteiger partial charge in [-0.05, 0) is 29.8 Å². The highest BCUT2D eigenvalue weighted by atomic mass is 16.5. The zero-order chi connectivity index (χ0) is 23.2.